The number of amides is 2. The molecule has 1 spiro atoms. The summed E-state index contributed by atoms with van der Waals surface area (Å²) < 4.78 is 11.9. The van der Waals surface area contributed by atoms with Gasteiger partial charge in [-0.25, -0.2) is 0 Å². The average molecular weight is 358 g/mol. The molecule has 26 heavy (non-hydrogen) atoms. The Morgan fingerprint density at radius 3 is 2.73 bits per heavy atom. The zero-order valence-corrected chi connectivity index (χ0v) is 15.2. The van der Waals surface area contributed by atoms with E-state index < -0.39 is 0 Å². The van der Waals surface area contributed by atoms with E-state index in [0.29, 0.717) is 24.5 Å². The van der Waals surface area contributed by atoms with E-state index in [-0.39, 0.29) is 29.6 Å². The van der Waals surface area contributed by atoms with Gasteiger partial charge in [-0.05, 0) is 50.7 Å². The molecule has 1 saturated heterocycles. The van der Waals surface area contributed by atoms with Crippen molar-refractivity contribution in [2.45, 2.75) is 56.3 Å². The summed E-state index contributed by atoms with van der Waals surface area (Å²) in [5.74, 6) is 0.680. The van der Waals surface area contributed by atoms with Gasteiger partial charge in [0.25, 0.3) is 11.8 Å². The van der Waals surface area contributed by atoms with Crippen molar-refractivity contribution in [3.05, 3.63) is 29.8 Å². The Balaban J connectivity index is 1.43. The van der Waals surface area contributed by atoms with E-state index in [4.69, 9.17) is 9.47 Å². The summed E-state index contributed by atoms with van der Waals surface area (Å²) in [4.78, 5) is 26.7. The Labute approximate surface area is 153 Å². The average Bonchev–Trinajstić information content (AvgIpc) is 3.17. The van der Waals surface area contributed by atoms with Gasteiger partial charge in [0.2, 0.25) is 0 Å². The van der Waals surface area contributed by atoms with Gasteiger partial charge in [-0.15, -0.1) is 0 Å². The molecule has 1 aromatic carbocycles. The molecule has 1 N–H and O–H groups in total. The first-order chi connectivity index (χ1) is 12.6. The van der Waals surface area contributed by atoms with E-state index in [2.05, 4.69) is 5.32 Å². The van der Waals surface area contributed by atoms with E-state index >= 15 is 0 Å². The molecule has 0 unspecified atom stereocenters. The van der Waals surface area contributed by atoms with Gasteiger partial charge in [0.15, 0.2) is 0 Å². The molecule has 0 radical (unpaired) electrons. The maximum Gasteiger partial charge on any atom is 0.255 e. The third kappa shape index (κ3) is 3.18. The molecule has 1 aliphatic carbocycles. The third-order valence-electron chi connectivity index (χ3n) is 6.00. The zero-order valence-electron chi connectivity index (χ0n) is 15.2. The van der Waals surface area contributed by atoms with Crippen molar-refractivity contribution in [3.8, 4) is 5.75 Å². The highest BCUT2D eigenvalue weighted by atomic mass is 16.5. The normalized spacial score (nSPS) is 30.9. The smallest absolute Gasteiger partial charge is 0.255 e. The fraction of sp³-hybridized carbons (Fsp3) is 0.600. The number of benzene rings is 1. The predicted octanol–water partition coefficient (Wildman–Crippen LogP) is 2.13. The lowest BCUT2D eigenvalue weighted by atomic mass is 9.81. The lowest BCUT2D eigenvalue weighted by molar-refractivity contribution is -0.143. The largest absolute Gasteiger partial charge is 0.485 e. The second-order valence-electron chi connectivity index (χ2n) is 7.65. The molecule has 0 bridgehead atoms. The number of carbonyl (C=O) groups is 2. The van der Waals surface area contributed by atoms with Crippen LogP contribution in [0.5, 0.6) is 5.75 Å². The minimum atomic E-state index is -0.382. The molecule has 6 nitrogen and oxygen atoms in total. The van der Waals surface area contributed by atoms with Gasteiger partial charge in [-0.2, -0.15) is 0 Å². The number of likely N-dealkylation sites (N-methyl/N-ethyl adjacent to an activating group) is 1. The number of rotatable bonds is 2. The fourth-order valence-electron chi connectivity index (χ4n) is 4.32. The van der Waals surface area contributed by atoms with Crippen LogP contribution in [-0.4, -0.2) is 54.7 Å². The summed E-state index contributed by atoms with van der Waals surface area (Å²) in [6, 6.07) is 7.60. The molecule has 4 rings (SSSR count). The standard InChI is InChI=1S/C20H26N2O4/c1-22(19(24)17-7-4-12-25-17)14-8-10-20(11-9-14)13-21-18(23)15-5-2-3-6-16(15)26-20/h2-3,5-6,14,17H,4,7-13H2,1H3,(H,21,23)/t14?,17-,20?/m0/s1. The highest BCUT2D eigenvalue weighted by Crippen LogP contribution is 2.37. The van der Waals surface area contributed by atoms with Crippen LogP contribution in [-0.2, 0) is 9.53 Å². The van der Waals surface area contributed by atoms with Crippen LogP contribution < -0.4 is 10.1 Å². The summed E-state index contributed by atoms with van der Waals surface area (Å²) in [7, 11) is 1.89. The summed E-state index contributed by atoms with van der Waals surface area (Å²) in [6.45, 7) is 1.20. The molecule has 1 saturated carbocycles. The Morgan fingerprint density at radius 1 is 1.23 bits per heavy atom. The van der Waals surface area contributed by atoms with Crippen LogP contribution in [0.4, 0.5) is 0 Å². The minimum Gasteiger partial charge on any atom is -0.485 e. The van der Waals surface area contributed by atoms with E-state index in [1.54, 1.807) is 6.07 Å². The number of nitrogens with one attached hydrogen (secondary N) is 1. The molecule has 2 heterocycles. The number of fused-ring (bicyclic) bond motifs is 1. The molecular weight excluding hydrogens is 332 g/mol. The zero-order chi connectivity index (χ0) is 18.1. The monoisotopic (exact) mass is 358 g/mol. The molecular formula is C20H26N2O4. The van der Waals surface area contributed by atoms with E-state index in [0.717, 1.165) is 38.5 Å². The van der Waals surface area contributed by atoms with Crippen LogP contribution in [0.3, 0.4) is 0 Å². The highest BCUT2D eigenvalue weighted by molar-refractivity contribution is 5.97. The van der Waals surface area contributed by atoms with Crippen molar-refractivity contribution in [2.24, 2.45) is 0 Å². The predicted molar refractivity (Wildman–Crippen MR) is 96.1 cm³/mol. The summed E-state index contributed by atoms with van der Waals surface area (Å²) in [5, 5.41) is 3.01. The first kappa shape index (κ1) is 17.3. The first-order valence-electron chi connectivity index (χ1n) is 9.52. The quantitative estimate of drug-likeness (QED) is 0.879. The Morgan fingerprint density at radius 2 is 2.00 bits per heavy atom. The number of hydrogen-bond acceptors (Lipinski definition) is 4. The molecule has 1 atom stereocenters. The Bertz CT molecular complexity index is 691. The molecule has 2 amide bonds. The van der Waals surface area contributed by atoms with Crippen molar-refractivity contribution in [2.75, 3.05) is 20.2 Å². The maximum absolute atomic E-state index is 12.6. The lowest BCUT2D eigenvalue weighted by Gasteiger charge is -2.42. The molecule has 140 valence electrons. The number of para-hydroxylation sites is 1. The second-order valence-corrected chi connectivity index (χ2v) is 7.65. The summed E-state index contributed by atoms with van der Waals surface area (Å²) >= 11 is 0. The van der Waals surface area contributed by atoms with Crippen molar-refractivity contribution < 1.29 is 19.1 Å². The SMILES string of the molecule is CN(C(=O)[C@@H]1CCCO1)C1CCC2(CC1)CNC(=O)c1ccccc1O2. The summed E-state index contributed by atoms with van der Waals surface area (Å²) in [6.07, 6.45) is 4.89. The van der Waals surface area contributed by atoms with Crippen LogP contribution in [0.2, 0.25) is 0 Å². The lowest BCUT2D eigenvalue weighted by Crippen LogP contribution is -2.52. The van der Waals surface area contributed by atoms with Crippen LogP contribution in [0.1, 0.15) is 48.9 Å². The molecule has 6 heteroatoms. The summed E-state index contributed by atoms with van der Waals surface area (Å²) in [5.41, 5.74) is 0.212. The van der Waals surface area contributed by atoms with Crippen LogP contribution in [0, 0.1) is 0 Å². The Hall–Kier alpha value is -2.08. The topological polar surface area (TPSA) is 67.9 Å². The van der Waals surface area contributed by atoms with Crippen LogP contribution in [0.15, 0.2) is 24.3 Å². The minimum absolute atomic E-state index is 0.0784. The molecule has 0 aromatic heterocycles. The van der Waals surface area contributed by atoms with Gasteiger partial charge in [0.05, 0.1) is 12.1 Å². The molecule has 2 fully saturated rings. The molecule has 3 aliphatic rings. The van der Waals surface area contributed by atoms with Crippen molar-refractivity contribution in [3.63, 3.8) is 0 Å². The second kappa shape index (κ2) is 6.91. The van der Waals surface area contributed by atoms with E-state index in [1.165, 1.54) is 0 Å². The van der Waals surface area contributed by atoms with Gasteiger partial charge < -0.3 is 19.7 Å². The van der Waals surface area contributed by atoms with Crippen LogP contribution in [0.25, 0.3) is 0 Å². The highest BCUT2D eigenvalue weighted by Gasteiger charge is 2.42. The molecule has 2 aliphatic heterocycles. The van der Waals surface area contributed by atoms with Gasteiger partial charge in [0.1, 0.15) is 17.5 Å². The number of hydrogen-bond donors (Lipinski definition) is 1. The van der Waals surface area contributed by atoms with Crippen molar-refractivity contribution in [1.82, 2.24) is 10.2 Å². The van der Waals surface area contributed by atoms with Crippen LogP contribution >= 0.6 is 0 Å². The van der Waals surface area contributed by atoms with Gasteiger partial charge >= 0.3 is 0 Å². The third-order valence-corrected chi connectivity index (χ3v) is 6.00. The maximum atomic E-state index is 12.6. The van der Waals surface area contributed by atoms with Gasteiger partial charge in [0, 0.05) is 19.7 Å². The number of carbonyl (C=O) groups excluding carboxylic acids is 2. The fourth-order valence-corrected chi connectivity index (χ4v) is 4.32. The van der Waals surface area contributed by atoms with E-state index in [1.807, 2.05) is 30.1 Å². The van der Waals surface area contributed by atoms with Crippen molar-refractivity contribution >= 4 is 11.8 Å². The number of ether oxygens (including phenoxy) is 2. The Kier molecular flexibility index (Phi) is 4.61. The molecule has 1 aromatic rings. The number of nitrogens with zero attached hydrogens (tertiary/aromatic N) is 1. The first-order valence-corrected chi connectivity index (χ1v) is 9.52. The van der Waals surface area contributed by atoms with Gasteiger partial charge in [-0.3, -0.25) is 9.59 Å². The van der Waals surface area contributed by atoms with Crippen molar-refractivity contribution in [1.29, 1.82) is 0 Å². The van der Waals surface area contributed by atoms with E-state index in [9.17, 15) is 9.59 Å². The van der Waals surface area contributed by atoms with Gasteiger partial charge in [-0.1, -0.05) is 12.1 Å².